The van der Waals surface area contributed by atoms with Crippen molar-refractivity contribution in [3.05, 3.63) is 119 Å². The second-order valence-electron chi connectivity index (χ2n) is 8.70. The molecular formula is C28H16F12S. The predicted octanol–water partition coefficient (Wildman–Crippen LogP) is 11.1. The molecule has 13 heteroatoms. The Bertz CT molecular complexity index is 1240. The van der Waals surface area contributed by atoms with E-state index in [1.165, 1.54) is 0 Å². The molecule has 0 aliphatic carbocycles. The highest BCUT2D eigenvalue weighted by Crippen LogP contribution is 2.73. The van der Waals surface area contributed by atoms with Gasteiger partial charge in [0, 0.05) is 19.6 Å². The normalized spacial score (nSPS) is 13.8. The van der Waals surface area contributed by atoms with E-state index in [1.54, 1.807) is 0 Å². The van der Waals surface area contributed by atoms with Crippen LogP contribution < -0.4 is 0 Å². The molecule has 4 aromatic rings. The highest BCUT2D eigenvalue weighted by atomic mass is 32.3. The molecule has 0 saturated heterocycles. The maximum atomic E-state index is 13.3. The predicted molar refractivity (Wildman–Crippen MR) is 126 cm³/mol. The lowest BCUT2D eigenvalue weighted by atomic mass is 10.2. The first-order valence-corrected chi connectivity index (χ1v) is 13.0. The van der Waals surface area contributed by atoms with Crippen LogP contribution in [-0.4, -0.2) is 0 Å². The van der Waals surface area contributed by atoms with Crippen molar-refractivity contribution in [2.45, 2.75) is 44.3 Å². The smallest absolute Gasteiger partial charge is 0.166 e. The Morgan fingerprint density at radius 3 is 0.537 bits per heavy atom. The fraction of sp³-hybridized carbons (Fsp3) is 0.143. The van der Waals surface area contributed by atoms with Crippen LogP contribution in [0.2, 0.25) is 0 Å². The molecule has 0 fully saturated rings. The zero-order chi connectivity index (χ0) is 30.4. The topological polar surface area (TPSA) is 0 Å². The molecule has 218 valence electrons. The summed E-state index contributed by atoms with van der Waals surface area (Å²) in [6.07, 6.45) is -19.1. The second kappa shape index (κ2) is 10.3. The van der Waals surface area contributed by atoms with Gasteiger partial charge in [-0.1, -0.05) is 0 Å². The van der Waals surface area contributed by atoms with Gasteiger partial charge < -0.3 is 0 Å². The molecular weight excluding hydrogens is 596 g/mol. The van der Waals surface area contributed by atoms with E-state index in [4.69, 9.17) is 0 Å². The van der Waals surface area contributed by atoms with Crippen LogP contribution in [0.4, 0.5) is 52.7 Å². The Morgan fingerprint density at radius 1 is 0.268 bits per heavy atom. The van der Waals surface area contributed by atoms with E-state index in [0.717, 1.165) is 48.5 Å². The summed E-state index contributed by atoms with van der Waals surface area (Å²) >= 11 is 0. The first-order chi connectivity index (χ1) is 18.8. The minimum absolute atomic E-state index is 0.0322. The molecule has 0 saturated carbocycles. The Labute approximate surface area is 226 Å². The van der Waals surface area contributed by atoms with Gasteiger partial charge in [-0.15, -0.1) is 10.0 Å². The molecule has 4 rings (SSSR count). The highest BCUT2D eigenvalue weighted by molar-refractivity contribution is 8.34. The van der Waals surface area contributed by atoms with Crippen molar-refractivity contribution in [2.24, 2.45) is 0 Å². The molecule has 0 spiro atoms. The van der Waals surface area contributed by atoms with Gasteiger partial charge in [-0.2, -0.15) is 52.7 Å². The zero-order valence-electron chi connectivity index (χ0n) is 20.2. The van der Waals surface area contributed by atoms with Gasteiger partial charge in [0.05, 0.1) is 22.3 Å². The van der Waals surface area contributed by atoms with Gasteiger partial charge in [0.2, 0.25) is 0 Å². The molecule has 0 unspecified atom stereocenters. The molecule has 0 bridgehead atoms. The van der Waals surface area contributed by atoms with Crippen LogP contribution in [0.15, 0.2) is 117 Å². The van der Waals surface area contributed by atoms with E-state index < -0.39 is 57.0 Å². The number of halogens is 12. The second-order valence-corrected chi connectivity index (χ2v) is 11.8. The Balaban J connectivity index is 2.09. The minimum Gasteiger partial charge on any atom is -0.166 e. The maximum absolute atomic E-state index is 13.3. The van der Waals surface area contributed by atoms with Crippen molar-refractivity contribution < 1.29 is 52.7 Å². The zero-order valence-corrected chi connectivity index (χ0v) is 21.0. The molecule has 0 aromatic heterocycles. The summed E-state index contributed by atoms with van der Waals surface area (Å²) in [5.41, 5.74) is -4.33. The number of alkyl halides is 12. The van der Waals surface area contributed by atoms with Crippen molar-refractivity contribution in [1.29, 1.82) is 0 Å². The lowest BCUT2D eigenvalue weighted by Crippen LogP contribution is -2.11. The summed E-state index contributed by atoms with van der Waals surface area (Å²) in [4.78, 5) is 0.129. The lowest BCUT2D eigenvalue weighted by molar-refractivity contribution is -0.138. The van der Waals surface area contributed by atoms with Crippen molar-refractivity contribution >= 4 is 10.0 Å². The quantitative estimate of drug-likeness (QED) is 0.201. The minimum atomic E-state index is -4.77. The highest BCUT2D eigenvalue weighted by Gasteiger charge is 2.39. The third-order valence-electron chi connectivity index (χ3n) is 6.14. The number of benzene rings is 4. The van der Waals surface area contributed by atoms with Crippen LogP contribution >= 0.6 is 10.0 Å². The average Bonchev–Trinajstić information content (AvgIpc) is 2.88. The first kappa shape index (κ1) is 30.4. The number of hydrogen-bond donors (Lipinski definition) is 0. The summed E-state index contributed by atoms with van der Waals surface area (Å²) in [7, 11) is -3.23. The van der Waals surface area contributed by atoms with Crippen LogP contribution in [0.5, 0.6) is 0 Å². The van der Waals surface area contributed by atoms with E-state index in [0.29, 0.717) is 48.5 Å². The molecule has 0 radical (unpaired) electrons. The molecule has 0 nitrogen and oxygen atoms in total. The average molecular weight is 612 g/mol. The van der Waals surface area contributed by atoms with Crippen LogP contribution in [0.3, 0.4) is 0 Å². The maximum Gasteiger partial charge on any atom is 0.416 e. The monoisotopic (exact) mass is 612 g/mol. The molecule has 4 aromatic carbocycles. The Hall–Kier alpha value is -3.61. The molecule has 0 aliphatic heterocycles. The SMILES string of the molecule is FC(F)(F)c1ccc(S(c2ccc(C(F)(F)F)cc2)(c2ccc(C(F)(F)F)cc2)c2ccc(C(F)(F)F)cc2)cc1. The van der Waals surface area contributed by atoms with Gasteiger partial charge in [-0.25, -0.2) is 0 Å². The summed E-state index contributed by atoms with van der Waals surface area (Å²) in [6.45, 7) is 0. The van der Waals surface area contributed by atoms with Crippen LogP contribution in [-0.2, 0) is 24.7 Å². The van der Waals surface area contributed by atoms with Crippen molar-refractivity contribution in [3.63, 3.8) is 0 Å². The van der Waals surface area contributed by atoms with Crippen LogP contribution in [0, 0.1) is 0 Å². The van der Waals surface area contributed by atoms with Crippen LogP contribution in [0.1, 0.15) is 22.3 Å². The summed E-state index contributed by atoms with van der Waals surface area (Å²) in [5.74, 6) is 0. The van der Waals surface area contributed by atoms with Crippen molar-refractivity contribution in [1.82, 2.24) is 0 Å². The summed E-state index contributed by atoms with van der Waals surface area (Å²) in [6, 6.07) is 13.7. The lowest BCUT2D eigenvalue weighted by Gasteiger charge is -2.42. The van der Waals surface area contributed by atoms with Gasteiger partial charge in [0.1, 0.15) is 0 Å². The standard InChI is InChI=1S/C28H16F12S/c29-25(30,31)17-1-9-21(10-2-17)41(22-11-3-18(4-12-22)26(32,33)34,23-13-5-19(6-14-23)27(35,36)37)24-15-7-20(8-16-24)28(38,39)40/h1-16H. The van der Waals surface area contributed by atoms with Gasteiger partial charge >= 0.3 is 24.7 Å². The third kappa shape index (κ3) is 6.04. The van der Waals surface area contributed by atoms with Crippen molar-refractivity contribution in [2.75, 3.05) is 0 Å². The molecule has 0 atom stereocenters. The fourth-order valence-electron chi connectivity index (χ4n) is 4.21. The fourth-order valence-corrected chi connectivity index (χ4v) is 8.02. The molecule has 0 heterocycles. The molecule has 0 aliphatic rings. The van der Waals surface area contributed by atoms with E-state index in [9.17, 15) is 52.7 Å². The van der Waals surface area contributed by atoms with E-state index >= 15 is 0 Å². The number of hydrogen-bond acceptors (Lipinski definition) is 0. The van der Waals surface area contributed by atoms with Crippen LogP contribution in [0.25, 0.3) is 0 Å². The van der Waals surface area contributed by atoms with Gasteiger partial charge in [0.25, 0.3) is 0 Å². The van der Waals surface area contributed by atoms with Gasteiger partial charge in [-0.3, -0.25) is 0 Å². The van der Waals surface area contributed by atoms with E-state index in [1.807, 2.05) is 0 Å². The van der Waals surface area contributed by atoms with Crippen molar-refractivity contribution in [3.8, 4) is 0 Å². The summed E-state index contributed by atoms with van der Waals surface area (Å²) < 4.78 is 160. The molecule has 0 N–H and O–H groups in total. The molecule has 0 amide bonds. The Morgan fingerprint density at radius 2 is 0.415 bits per heavy atom. The van der Waals surface area contributed by atoms with Gasteiger partial charge in [0.15, 0.2) is 0 Å². The van der Waals surface area contributed by atoms with Gasteiger partial charge in [-0.05, 0) is 97.1 Å². The number of rotatable bonds is 4. The largest absolute Gasteiger partial charge is 0.416 e. The first-order valence-electron chi connectivity index (χ1n) is 11.4. The Kier molecular flexibility index (Phi) is 7.65. The molecule has 41 heavy (non-hydrogen) atoms. The third-order valence-corrected chi connectivity index (χ3v) is 10.1. The van der Waals surface area contributed by atoms with E-state index in [2.05, 4.69) is 0 Å². The van der Waals surface area contributed by atoms with E-state index in [-0.39, 0.29) is 19.6 Å². The summed E-state index contributed by atoms with van der Waals surface area (Å²) in [5, 5.41) is 0.